The molecule has 0 bridgehead atoms. The van der Waals surface area contributed by atoms with Gasteiger partial charge >= 0.3 is 5.97 Å². The summed E-state index contributed by atoms with van der Waals surface area (Å²) in [5.74, 6) is -0.815. The van der Waals surface area contributed by atoms with Gasteiger partial charge in [-0.15, -0.1) is 0 Å². The molecule has 0 aliphatic heterocycles. The minimum Gasteiger partial charge on any atom is -0.481 e. The molecule has 0 saturated heterocycles. The van der Waals surface area contributed by atoms with Crippen molar-refractivity contribution in [2.24, 2.45) is 5.73 Å². The Morgan fingerprint density at radius 3 is 2.71 bits per heavy atom. The van der Waals surface area contributed by atoms with Crippen molar-refractivity contribution in [1.29, 1.82) is 0 Å². The van der Waals surface area contributed by atoms with Crippen LogP contribution in [0.5, 0.6) is 0 Å². The second-order valence-corrected chi connectivity index (χ2v) is 4.26. The zero-order valence-corrected chi connectivity index (χ0v) is 10.6. The van der Waals surface area contributed by atoms with Gasteiger partial charge in [-0.3, -0.25) is 4.79 Å². The quantitative estimate of drug-likeness (QED) is 0.816. The van der Waals surface area contributed by atoms with E-state index in [4.69, 9.17) is 22.4 Å². The first-order chi connectivity index (χ1) is 8.04. The van der Waals surface area contributed by atoms with Crippen LogP contribution in [0.3, 0.4) is 0 Å². The highest BCUT2D eigenvalue weighted by Crippen LogP contribution is 2.23. The van der Waals surface area contributed by atoms with Gasteiger partial charge < -0.3 is 15.7 Å². The zero-order valence-electron chi connectivity index (χ0n) is 9.82. The van der Waals surface area contributed by atoms with E-state index in [0.717, 1.165) is 11.3 Å². The Balaban J connectivity index is 2.81. The highest BCUT2D eigenvalue weighted by atomic mass is 35.5. The molecule has 0 saturated carbocycles. The number of benzene rings is 1. The Morgan fingerprint density at radius 2 is 2.18 bits per heavy atom. The number of nitrogens with two attached hydrogens (primary N) is 1. The molecule has 0 atom stereocenters. The van der Waals surface area contributed by atoms with E-state index in [1.807, 2.05) is 30.0 Å². The first-order valence-corrected chi connectivity index (χ1v) is 5.85. The number of rotatable bonds is 6. The first kappa shape index (κ1) is 13.8. The lowest BCUT2D eigenvalue weighted by Crippen LogP contribution is -2.31. The smallest absolute Gasteiger partial charge is 0.305 e. The fourth-order valence-corrected chi connectivity index (χ4v) is 1.71. The number of aliphatic carboxylic acids is 1. The molecule has 94 valence electrons. The molecule has 0 aliphatic rings. The van der Waals surface area contributed by atoms with Gasteiger partial charge in [0.1, 0.15) is 0 Å². The molecule has 0 aliphatic carbocycles. The molecule has 0 aromatic heterocycles. The molecule has 1 aromatic carbocycles. The SMILES string of the molecule is Cc1ccc(N(CCN)CCC(=O)O)cc1Cl. The third-order valence-corrected chi connectivity index (χ3v) is 2.92. The van der Waals surface area contributed by atoms with Crippen molar-refractivity contribution in [3.8, 4) is 0 Å². The van der Waals surface area contributed by atoms with Crippen molar-refractivity contribution in [2.45, 2.75) is 13.3 Å². The molecule has 0 amide bonds. The van der Waals surface area contributed by atoms with Crippen LogP contribution in [-0.2, 0) is 4.79 Å². The highest BCUT2D eigenvalue weighted by Gasteiger charge is 2.09. The van der Waals surface area contributed by atoms with Crippen LogP contribution >= 0.6 is 11.6 Å². The summed E-state index contributed by atoms with van der Waals surface area (Å²) in [5, 5.41) is 9.37. The Bertz CT molecular complexity index is 396. The summed E-state index contributed by atoms with van der Waals surface area (Å²) in [4.78, 5) is 12.5. The van der Waals surface area contributed by atoms with E-state index < -0.39 is 5.97 Å². The van der Waals surface area contributed by atoms with Gasteiger partial charge in [0.05, 0.1) is 6.42 Å². The normalized spacial score (nSPS) is 10.3. The molecule has 0 heterocycles. The number of carboxylic acids is 1. The van der Waals surface area contributed by atoms with Crippen LogP contribution in [0.15, 0.2) is 18.2 Å². The molecule has 1 rings (SSSR count). The number of halogens is 1. The largest absolute Gasteiger partial charge is 0.481 e. The Kier molecular flexibility index (Phi) is 5.25. The monoisotopic (exact) mass is 256 g/mol. The topological polar surface area (TPSA) is 66.6 Å². The molecule has 3 N–H and O–H groups in total. The predicted molar refractivity (Wildman–Crippen MR) is 69.7 cm³/mol. The highest BCUT2D eigenvalue weighted by molar-refractivity contribution is 6.31. The maximum absolute atomic E-state index is 10.6. The van der Waals surface area contributed by atoms with Gasteiger partial charge in [-0.1, -0.05) is 17.7 Å². The van der Waals surface area contributed by atoms with E-state index in [1.165, 1.54) is 0 Å². The fraction of sp³-hybridized carbons (Fsp3) is 0.417. The van der Waals surface area contributed by atoms with Crippen LogP contribution in [0.4, 0.5) is 5.69 Å². The second kappa shape index (κ2) is 6.47. The van der Waals surface area contributed by atoms with Crippen LogP contribution in [0, 0.1) is 6.92 Å². The van der Waals surface area contributed by atoms with Crippen LogP contribution in [0.1, 0.15) is 12.0 Å². The van der Waals surface area contributed by atoms with Gasteiger partial charge in [-0.2, -0.15) is 0 Å². The van der Waals surface area contributed by atoms with Gasteiger partial charge in [0.25, 0.3) is 0 Å². The summed E-state index contributed by atoms with van der Waals surface area (Å²) in [7, 11) is 0. The fourth-order valence-electron chi connectivity index (χ4n) is 1.53. The van der Waals surface area contributed by atoms with Crippen molar-refractivity contribution in [3.63, 3.8) is 0 Å². The predicted octanol–water partition coefficient (Wildman–Crippen LogP) is 1.89. The molecule has 0 unspecified atom stereocenters. The van der Waals surface area contributed by atoms with Crippen molar-refractivity contribution in [2.75, 3.05) is 24.5 Å². The van der Waals surface area contributed by atoms with Gasteiger partial charge in [0.15, 0.2) is 0 Å². The molecule has 17 heavy (non-hydrogen) atoms. The van der Waals surface area contributed by atoms with E-state index in [1.54, 1.807) is 0 Å². The van der Waals surface area contributed by atoms with Crippen molar-refractivity contribution >= 4 is 23.3 Å². The van der Waals surface area contributed by atoms with Crippen LogP contribution in [-0.4, -0.2) is 30.7 Å². The van der Waals surface area contributed by atoms with Crippen LogP contribution < -0.4 is 10.6 Å². The Labute approximate surface area is 106 Å². The summed E-state index contributed by atoms with van der Waals surface area (Å²) < 4.78 is 0. The lowest BCUT2D eigenvalue weighted by Gasteiger charge is -2.24. The molecule has 1 aromatic rings. The lowest BCUT2D eigenvalue weighted by molar-refractivity contribution is -0.136. The Hall–Kier alpha value is -1.26. The summed E-state index contributed by atoms with van der Waals surface area (Å²) >= 11 is 6.05. The molecule has 5 heteroatoms. The van der Waals surface area contributed by atoms with Gasteiger partial charge in [0, 0.05) is 30.3 Å². The van der Waals surface area contributed by atoms with Crippen LogP contribution in [0.2, 0.25) is 5.02 Å². The molecule has 0 radical (unpaired) electrons. The number of hydrogen-bond acceptors (Lipinski definition) is 3. The van der Waals surface area contributed by atoms with E-state index >= 15 is 0 Å². The maximum atomic E-state index is 10.6. The van der Waals surface area contributed by atoms with Gasteiger partial charge in [-0.05, 0) is 24.6 Å². The molecule has 4 nitrogen and oxygen atoms in total. The molecule has 0 spiro atoms. The third-order valence-electron chi connectivity index (χ3n) is 2.52. The van der Waals surface area contributed by atoms with E-state index in [9.17, 15) is 4.79 Å². The average Bonchev–Trinajstić information content (AvgIpc) is 2.28. The average molecular weight is 257 g/mol. The van der Waals surface area contributed by atoms with Gasteiger partial charge in [-0.25, -0.2) is 0 Å². The lowest BCUT2D eigenvalue weighted by atomic mass is 10.2. The first-order valence-electron chi connectivity index (χ1n) is 5.47. The van der Waals surface area contributed by atoms with E-state index in [0.29, 0.717) is 24.7 Å². The standard InChI is InChI=1S/C12H17ClN2O2/c1-9-2-3-10(8-11(9)13)15(7-5-14)6-4-12(16)17/h2-3,8H,4-7,14H2,1H3,(H,16,17). The number of carbonyl (C=O) groups is 1. The minimum absolute atomic E-state index is 0.0888. The molecule has 0 fully saturated rings. The van der Waals surface area contributed by atoms with Crippen molar-refractivity contribution in [1.82, 2.24) is 0 Å². The number of nitrogens with zero attached hydrogens (tertiary/aromatic N) is 1. The second-order valence-electron chi connectivity index (χ2n) is 3.85. The molecular weight excluding hydrogens is 240 g/mol. The summed E-state index contributed by atoms with van der Waals surface area (Å²) in [6.45, 7) is 3.46. The summed E-state index contributed by atoms with van der Waals surface area (Å²) in [6, 6.07) is 5.69. The van der Waals surface area contributed by atoms with E-state index in [-0.39, 0.29) is 6.42 Å². The van der Waals surface area contributed by atoms with E-state index in [2.05, 4.69) is 0 Å². The summed E-state index contributed by atoms with van der Waals surface area (Å²) in [5.41, 5.74) is 7.43. The van der Waals surface area contributed by atoms with Crippen LogP contribution in [0.25, 0.3) is 0 Å². The number of carboxylic acid groups (broad SMARTS) is 1. The Morgan fingerprint density at radius 1 is 1.47 bits per heavy atom. The van der Waals surface area contributed by atoms with Crippen molar-refractivity contribution in [3.05, 3.63) is 28.8 Å². The number of hydrogen-bond donors (Lipinski definition) is 2. The number of anilines is 1. The summed E-state index contributed by atoms with van der Waals surface area (Å²) in [6.07, 6.45) is 0.0888. The maximum Gasteiger partial charge on any atom is 0.305 e. The van der Waals surface area contributed by atoms with Crippen molar-refractivity contribution < 1.29 is 9.90 Å². The van der Waals surface area contributed by atoms with Gasteiger partial charge in [0.2, 0.25) is 0 Å². The minimum atomic E-state index is -0.815. The zero-order chi connectivity index (χ0) is 12.8. The third kappa shape index (κ3) is 4.24. The molecular formula is C12H17ClN2O2. The number of aryl methyl sites for hydroxylation is 1.